The maximum Gasteiger partial charge on any atom is 0.230 e. The molecule has 1 heterocycles. The van der Waals surface area contributed by atoms with Crippen LogP contribution < -0.4 is 5.32 Å². The van der Waals surface area contributed by atoms with Crippen molar-refractivity contribution in [2.75, 3.05) is 26.2 Å². The van der Waals surface area contributed by atoms with Crippen LogP contribution in [0, 0.1) is 0 Å². The number of hydrogen-bond donors (Lipinski definition) is 1. The predicted octanol–water partition coefficient (Wildman–Crippen LogP) is 2.13. The maximum atomic E-state index is 11.4. The standard InChI is InChI=1S/C15H28N2O2/c1-2-3-4-5-6-7-9-16-10-8-11-17-13-14(18)12-15(17)19/h16H,2-13H2,1H3. The average molecular weight is 268 g/mol. The molecule has 1 aliphatic rings. The van der Waals surface area contributed by atoms with Crippen LogP contribution >= 0.6 is 0 Å². The number of nitrogens with zero attached hydrogens (tertiary/aromatic N) is 1. The van der Waals surface area contributed by atoms with Crippen molar-refractivity contribution >= 4 is 11.7 Å². The van der Waals surface area contributed by atoms with Crippen molar-refractivity contribution in [2.45, 2.75) is 58.3 Å². The predicted molar refractivity (Wildman–Crippen MR) is 77.1 cm³/mol. The summed E-state index contributed by atoms with van der Waals surface area (Å²) in [6, 6.07) is 0. The summed E-state index contributed by atoms with van der Waals surface area (Å²) in [7, 11) is 0. The lowest BCUT2D eigenvalue weighted by atomic mass is 10.1. The van der Waals surface area contributed by atoms with Crippen molar-refractivity contribution < 1.29 is 9.59 Å². The van der Waals surface area contributed by atoms with Crippen LogP contribution in [0.4, 0.5) is 0 Å². The number of nitrogens with one attached hydrogen (secondary N) is 1. The SMILES string of the molecule is CCCCCCCCNCCCN1CC(=O)CC1=O. The Morgan fingerprint density at radius 3 is 2.37 bits per heavy atom. The molecule has 0 unspecified atom stereocenters. The normalized spacial score (nSPS) is 15.5. The summed E-state index contributed by atoms with van der Waals surface area (Å²) < 4.78 is 0. The first-order valence-electron chi connectivity index (χ1n) is 7.74. The molecule has 1 aliphatic heterocycles. The van der Waals surface area contributed by atoms with Crippen molar-refractivity contribution in [2.24, 2.45) is 0 Å². The molecule has 0 aromatic rings. The zero-order chi connectivity index (χ0) is 13.9. The van der Waals surface area contributed by atoms with Crippen molar-refractivity contribution in [3.05, 3.63) is 0 Å². The van der Waals surface area contributed by atoms with Gasteiger partial charge in [-0.25, -0.2) is 0 Å². The number of Topliss-reactive ketones (excluding diaryl/α,β-unsaturated/α-hetero) is 1. The van der Waals surface area contributed by atoms with E-state index in [-0.39, 0.29) is 18.1 Å². The molecule has 0 aliphatic carbocycles. The molecule has 0 bridgehead atoms. The summed E-state index contributed by atoms with van der Waals surface area (Å²) in [4.78, 5) is 24.1. The molecule has 1 N–H and O–H groups in total. The third kappa shape index (κ3) is 7.31. The Bertz CT molecular complexity index is 279. The molecular formula is C15H28N2O2. The number of rotatable bonds is 11. The van der Waals surface area contributed by atoms with Gasteiger partial charge in [-0.05, 0) is 25.9 Å². The highest BCUT2D eigenvalue weighted by molar-refractivity contribution is 6.05. The summed E-state index contributed by atoms with van der Waals surface area (Å²) in [5.41, 5.74) is 0. The minimum absolute atomic E-state index is 0.000856. The van der Waals surface area contributed by atoms with Crippen LogP contribution in [0.5, 0.6) is 0 Å². The summed E-state index contributed by atoms with van der Waals surface area (Å²) in [6.07, 6.45) is 8.98. The van der Waals surface area contributed by atoms with E-state index in [0.29, 0.717) is 13.1 Å². The lowest BCUT2D eigenvalue weighted by Gasteiger charge is -2.14. The molecule has 0 aromatic heterocycles. The van der Waals surface area contributed by atoms with Crippen LogP contribution in [0.1, 0.15) is 58.3 Å². The molecular weight excluding hydrogens is 240 g/mol. The fourth-order valence-electron chi connectivity index (χ4n) is 2.39. The Labute approximate surface area is 116 Å². The number of unbranched alkanes of at least 4 members (excludes halogenated alkanes) is 5. The van der Waals surface area contributed by atoms with Crippen LogP contribution in [0.2, 0.25) is 0 Å². The molecule has 4 heteroatoms. The lowest BCUT2D eigenvalue weighted by molar-refractivity contribution is -0.127. The molecule has 1 amide bonds. The van der Waals surface area contributed by atoms with E-state index in [1.54, 1.807) is 4.90 Å². The van der Waals surface area contributed by atoms with E-state index >= 15 is 0 Å². The lowest BCUT2D eigenvalue weighted by Crippen LogP contribution is -2.29. The highest BCUT2D eigenvalue weighted by Crippen LogP contribution is 2.06. The van der Waals surface area contributed by atoms with E-state index in [1.807, 2.05) is 0 Å². The monoisotopic (exact) mass is 268 g/mol. The quantitative estimate of drug-likeness (QED) is 0.461. The third-order valence-electron chi connectivity index (χ3n) is 3.56. The minimum atomic E-state index is 0.000856. The molecule has 110 valence electrons. The van der Waals surface area contributed by atoms with Gasteiger partial charge in [0.25, 0.3) is 0 Å². The molecule has 0 atom stereocenters. The third-order valence-corrected chi connectivity index (χ3v) is 3.56. The van der Waals surface area contributed by atoms with E-state index < -0.39 is 0 Å². The molecule has 19 heavy (non-hydrogen) atoms. The summed E-state index contributed by atoms with van der Waals surface area (Å²) in [6.45, 7) is 5.29. The van der Waals surface area contributed by atoms with Gasteiger partial charge in [0.1, 0.15) is 0 Å². The Hall–Kier alpha value is -0.900. The summed E-state index contributed by atoms with van der Waals surface area (Å²) in [5.74, 6) is 0.0611. The van der Waals surface area contributed by atoms with Gasteiger partial charge >= 0.3 is 0 Å². The minimum Gasteiger partial charge on any atom is -0.335 e. The molecule has 1 fully saturated rings. The Kier molecular flexibility index (Phi) is 8.47. The summed E-state index contributed by atoms with van der Waals surface area (Å²) in [5, 5.41) is 3.40. The van der Waals surface area contributed by atoms with Gasteiger partial charge in [-0.3, -0.25) is 9.59 Å². The van der Waals surface area contributed by atoms with E-state index in [2.05, 4.69) is 12.2 Å². The highest BCUT2D eigenvalue weighted by Gasteiger charge is 2.26. The van der Waals surface area contributed by atoms with E-state index in [9.17, 15) is 9.59 Å². The second-order valence-corrected chi connectivity index (χ2v) is 5.40. The van der Waals surface area contributed by atoms with Gasteiger partial charge in [-0.15, -0.1) is 0 Å². The Morgan fingerprint density at radius 1 is 1.00 bits per heavy atom. The van der Waals surface area contributed by atoms with Crippen LogP contribution in [0.25, 0.3) is 0 Å². The van der Waals surface area contributed by atoms with Crippen molar-refractivity contribution in [3.63, 3.8) is 0 Å². The molecule has 0 aromatic carbocycles. The smallest absolute Gasteiger partial charge is 0.230 e. The maximum absolute atomic E-state index is 11.4. The number of likely N-dealkylation sites (tertiary alicyclic amines) is 1. The number of ketones is 1. The molecule has 0 spiro atoms. The van der Waals surface area contributed by atoms with Gasteiger partial charge < -0.3 is 10.2 Å². The van der Waals surface area contributed by atoms with Crippen molar-refractivity contribution in [3.8, 4) is 0 Å². The molecule has 0 radical (unpaired) electrons. The van der Waals surface area contributed by atoms with Gasteiger partial charge in [0.15, 0.2) is 5.78 Å². The first-order chi connectivity index (χ1) is 9.24. The molecule has 0 saturated carbocycles. The second-order valence-electron chi connectivity index (χ2n) is 5.40. The fraction of sp³-hybridized carbons (Fsp3) is 0.867. The van der Waals surface area contributed by atoms with Gasteiger partial charge in [0.2, 0.25) is 5.91 Å². The van der Waals surface area contributed by atoms with E-state index in [0.717, 1.165) is 19.5 Å². The molecule has 1 saturated heterocycles. The average Bonchev–Trinajstić information content (AvgIpc) is 2.70. The topological polar surface area (TPSA) is 49.4 Å². The summed E-state index contributed by atoms with van der Waals surface area (Å²) >= 11 is 0. The fourth-order valence-corrected chi connectivity index (χ4v) is 2.39. The van der Waals surface area contributed by atoms with Crippen LogP contribution in [-0.4, -0.2) is 42.8 Å². The van der Waals surface area contributed by atoms with Crippen LogP contribution in [0.3, 0.4) is 0 Å². The van der Waals surface area contributed by atoms with Crippen molar-refractivity contribution in [1.29, 1.82) is 0 Å². The highest BCUT2D eigenvalue weighted by atomic mass is 16.2. The largest absolute Gasteiger partial charge is 0.335 e. The number of carbonyl (C=O) groups is 2. The molecule has 4 nitrogen and oxygen atoms in total. The van der Waals surface area contributed by atoms with Gasteiger partial charge in [0.05, 0.1) is 13.0 Å². The van der Waals surface area contributed by atoms with E-state index in [1.165, 1.54) is 38.5 Å². The van der Waals surface area contributed by atoms with Crippen LogP contribution in [-0.2, 0) is 9.59 Å². The number of amides is 1. The first-order valence-corrected chi connectivity index (χ1v) is 7.74. The zero-order valence-corrected chi connectivity index (χ0v) is 12.2. The van der Waals surface area contributed by atoms with Gasteiger partial charge in [0, 0.05) is 6.54 Å². The zero-order valence-electron chi connectivity index (χ0n) is 12.2. The van der Waals surface area contributed by atoms with Crippen molar-refractivity contribution in [1.82, 2.24) is 10.2 Å². The van der Waals surface area contributed by atoms with E-state index in [4.69, 9.17) is 0 Å². The first kappa shape index (κ1) is 16.2. The van der Waals surface area contributed by atoms with Gasteiger partial charge in [-0.2, -0.15) is 0 Å². The number of hydrogen-bond acceptors (Lipinski definition) is 3. The second kappa shape index (κ2) is 9.96. The number of carbonyl (C=O) groups excluding carboxylic acids is 2. The Balaban J connectivity index is 1.84. The van der Waals surface area contributed by atoms with Gasteiger partial charge in [-0.1, -0.05) is 39.0 Å². The van der Waals surface area contributed by atoms with Crippen LogP contribution in [0.15, 0.2) is 0 Å². The molecule has 1 rings (SSSR count). The Morgan fingerprint density at radius 2 is 1.68 bits per heavy atom.